The Hall–Kier alpha value is -2.36. The fourth-order valence-corrected chi connectivity index (χ4v) is 1.99. The molecule has 0 atom stereocenters. The van der Waals surface area contributed by atoms with Crippen molar-refractivity contribution in [3.8, 4) is 0 Å². The van der Waals surface area contributed by atoms with Gasteiger partial charge in [-0.1, -0.05) is 36.4 Å². The van der Waals surface area contributed by atoms with E-state index in [1.807, 2.05) is 30.3 Å². The zero-order valence-corrected chi connectivity index (χ0v) is 11.8. The van der Waals surface area contributed by atoms with Crippen LogP contribution in [-0.4, -0.2) is 34.5 Å². The van der Waals surface area contributed by atoms with Crippen LogP contribution in [0.2, 0.25) is 0 Å². The lowest BCUT2D eigenvalue weighted by Gasteiger charge is -2.31. The highest BCUT2D eigenvalue weighted by Crippen LogP contribution is 2.22. The van der Waals surface area contributed by atoms with Crippen LogP contribution in [0.25, 0.3) is 10.8 Å². The lowest BCUT2D eigenvalue weighted by Crippen LogP contribution is -2.50. The Labute approximate surface area is 117 Å². The summed E-state index contributed by atoms with van der Waals surface area (Å²) in [5.74, 6) is -1.33. The number of carbonyl (C=O) groups is 2. The molecule has 0 aromatic heterocycles. The van der Waals surface area contributed by atoms with Crippen LogP contribution in [0.4, 0.5) is 0 Å². The molecule has 0 fully saturated rings. The molecule has 2 aromatic carbocycles. The van der Waals surface area contributed by atoms with Crippen LogP contribution in [0.1, 0.15) is 24.2 Å². The summed E-state index contributed by atoms with van der Waals surface area (Å²) in [6.45, 7) is 3.02. The zero-order chi connectivity index (χ0) is 14.9. The third kappa shape index (κ3) is 2.25. The number of carbonyl (C=O) groups excluding carboxylic acids is 1. The van der Waals surface area contributed by atoms with E-state index in [1.165, 1.54) is 25.8 Å². The molecule has 2 aromatic rings. The molecule has 0 aliphatic heterocycles. The van der Waals surface area contributed by atoms with E-state index in [1.54, 1.807) is 12.1 Å². The summed E-state index contributed by atoms with van der Waals surface area (Å²) in [6, 6.07) is 13.0. The van der Waals surface area contributed by atoms with Crippen molar-refractivity contribution in [2.24, 2.45) is 0 Å². The molecule has 1 amide bonds. The highest BCUT2D eigenvalue weighted by Gasteiger charge is 2.35. The Bertz CT molecular complexity index is 671. The van der Waals surface area contributed by atoms with Crippen molar-refractivity contribution in [2.45, 2.75) is 19.4 Å². The minimum absolute atomic E-state index is 0.297. The van der Waals surface area contributed by atoms with Crippen molar-refractivity contribution in [3.05, 3.63) is 48.0 Å². The first-order valence-corrected chi connectivity index (χ1v) is 6.35. The molecule has 104 valence electrons. The third-order valence-electron chi connectivity index (χ3n) is 3.69. The van der Waals surface area contributed by atoms with Crippen LogP contribution in [-0.2, 0) is 4.79 Å². The summed E-state index contributed by atoms with van der Waals surface area (Å²) >= 11 is 0. The number of amides is 1. The maximum atomic E-state index is 12.6. The quantitative estimate of drug-likeness (QED) is 0.933. The highest BCUT2D eigenvalue weighted by molar-refractivity contribution is 6.08. The van der Waals surface area contributed by atoms with Crippen LogP contribution in [0.5, 0.6) is 0 Å². The van der Waals surface area contributed by atoms with Gasteiger partial charge in [-0.05, 0) is 30.7 Å². The number of aliphatic carboxylic acids is 1. The standard InChI is InChI=1S/C16H17NO3/c1-16(2,15(19)20)17(3)14(18)13-10-6-8-11-7-4-5-9-12(11)13/h4-10H,1-3H3,(H,19,20). The van der Waals surface area contributed by atoms with E-state index in [-0.39, 0.29) is 5.91 Å². The van der Waals surface area contributed by atoms with Crippen molar-refractivity contribution >= 4 is 22.6 Å². The van der Waals surface area contributed by atoms with Gasteiger partial charge in [0, 0.05) is 12.6 Å². The molecule has 0 radical (unpaired) electrons. The number of benzene rings is 2. The predicted molar refractivity (Wildman–Crippen MR) is 77.8 cm³/mol. The van der Waals surface area contributed by atoms with Gasteiger partial charge in [-0.25, -0.2) is 4.79 Å². The molecule has 20 heavy (non-hydrogen) atoms. The molecule has 0 aliphatic rings. The second kappa shape index (κ2) is 4.96. The van der Waals surface area contributed by atoms with Gasteiger partial charge in [0.25, 0.3) is 5.91 Å². The second-order valence-corrected chi connectivity index (χ2v) is 5.26. The molecule has 0 unspecified atom stereocenters. The molecule has 0 aliphatic carbocycles. The third-order valence-corrected chi connectivity index (χ3v) is 3.69. The van der Waals surface area contributed by atoms with Gasteiger partial charge in [0.05, 0.1) is 0 Å². The largest absolute Gasteiger partial charge is 0.480 e. The summed E-state index contributed by atoms with van der Waals surface area (Å²) in [5.41, 5.74) is -0.742. The molecule has 0 saturated heterocycles. The molecule has 0 saturated carbocycles. The van der Waals surface area contributed by atoms with Gasteiger partial charge in [-0.15, -0.1) is 0 Å². The zero-order valence-electron chi connectivity index (χ0n) is 11.8. The molecule has 0 heterocycles. The Morgan fingerprint density at radius 1 is 1.05 bits per heavy atom. The Morgan fingerprint density at radius 2 is 1.65 bits per heavy atom. The van der Waals surface area contributed by atoms with Crippen molar-refractivity contribution in [3.63, 3.8) is 0 Å². The molecular weight excluding hydrogens is 254 g/mol. The average molecular weight is 271 g/mol. The van der Waals surface area contributed by atoms with E-state index in [0.29, 0.717) is 5.56 Å². The van der Waals surface area contributed by atoms with Crippen molar-refractivity contribution in [1.82, 2.24) is 4.90 Å². The summed E-state index contributed by atoms with van der Waals surface area (Å²) in [6.07, 6.45) is 0. The number of likely N-dealkylation sites (N-methyl/N-ethyl adjacent to an activating group) is 1. The second-order valence-electron chi connectivity index (χ2n) is 5.26. The van der Waals surface area contributed by atoms with Gasteiger partial charge in [0.1, 0.15) is 5.54 Å². The van der Waals surface area contributed by atoms with E-state index in [9.17, 15) is 14.7 Å². The molecule has 0 spiro atoms. The maximum absolute atomic E-state index is 12.6. The van der Waals surface area contributed by atoms with E-state index in [2.05, 4.69) is 0 Å². The molecular formula is C16H17NO3. The fraction of sp³-hybridized carbons (Fsp3) is 0.250. The monoisotopic (exact) mass is 271 g/mol. The first-order valence-electron chi connectivity index (χ1n) is 6.35. The number of carboxylic acids is 1. The fourth-order valence-electron chi connectivity index (χ4n) is 1.99. The number of carboxylic acid groups (broad SMARTS) is 1. The van der Waals surface area contributed by atoms with E-state index in [0.717, 1.165) is 10.8 Å². The number of hydrogen-bond acceptors (Lipinski definition) is 2. The van der Waals surface area contributed by atoms with E-state index < -0.39 is 11.5 Å². The molecule has 2 rings (SSSR count). The van der Waals surface area contributed by atoms with Crippen LogP contribution in [0, 0.1) is 0 Å². The minimum Gasteiger partial charge on any atom is -0.480 e. The first-order chi connectivity index (χ1) is 9.35. The predicted octanol–water partition coefficient (Wildman–Crippen LogP) is 2.78. The van der Waals surface area contributed by atoms with E-state index >= 15 is 0 Å². The SMILES string of the molecule is CN(C(=O)c1cccc2ccccc12)C(C)(C)C(=O)O. The number of hydrogen-bond donors (Lipinski definition) is 1. The van der Waals surface area contributed by atoms with Crippen LogP contribution in [0.3, 0.4) is 0 Å². The highest BCUT2D eigenvalue weighted by atomic mass is 16.4. The Balaban J connectivity index is 2.49. The molecule has 4 nitrogen and oxygen atoms in total. The lowest BCUT2D eigenvalue weighted by atomic mass is 9.99. The van der Waals surface area contributed by atoms with Crippen LogP contribution < -0.4 is 0 Å². The number of fused-ring (bicyclic) bond motifs is 1. The summed E-state index contributed by atoms with van der Waals surface area (Å²) in [5, 5.41) is 11.0. The van der Waals surface area contributed by atoms with Gasteiger partial charge in [0.2, 0.25) is 0 Å². The number of nitrogens with zero attached hydrogens (tertiary/aromatic N) is 1. The van der Waals surface area contributed by atoms with Gasteiger partial charge in [0.15, 0.2) is 0 Å². The molecule has 4 heteroatoms. The van der Waals surface area contributed by atoms with Crippen molar-refractivity contribution in [2.75, 3.05) is 7.05 Å². The maximum Gasteiger partial charge on any atom is 0.329 e. The average Bonchev–Trinajstić information content (AvgIpc) is 2.44. The lowest BCUT2D eigenvalue weighted by molar-refractivity contribution is -0.147. The normalized spacial score (nSPS) is 11.3. The van der Waals surface area contributed by atoms with Crippen LogP contribution in [0.15, 0.2) is 42.5 Å². The van der Waals surface area contributed by atoms with E-state index in [4.69, 9.17) is 0 Å². The van der Waals surface area contributed by atoms with Gasteiger partial charge in [-0.2, -0.15) is 0 Å². The van der Waals surface area contributed by atoms with Crippen molar-refractivity contribution in [1.29, 1.82) is 0 Å². The summed E-state index contributed by atoms with van der Waals surface area (Å²) < 4.78 is 0. The smallest absolute Gasteiger partial charge is 0.329 e. The Morgan fingerprint density at radius 3 is 2.30 bits per heavy atom. The van der Waals surface area contributed by atoms with Crippen LogP contribution >= 0.6 is 0 Å². The number of rotatable bonds is 3. The topological polar surface area (TPSA) is 57.6 Å². The van der Waals surface area contributed by atoms with Gasteiger partial charge in [-0.3, -0.25) is 4.79 Å². The van der Waals surface area contributed by atoms with Crippen molar-refractivity contribution < 1.29 is 14.7 Å². The summed E-state index contributed by atoms with van der Waals surface area (Å²) in [4.78, 5) is 25.1. The molecule has 0 bridgehead atoms. The molecule has 1 N–H and O–H groups in total. The van der Waals surface area contributed by atoms with Gasteiger partial charge >= 0.3 is 5.97 Å². The minimum atomic E-state index is -1.26. The first kappa shape index (κ1) is 14.1. The van der Waals surface area contributed by atoms with Gasteiger partial charge < -0.3 is 10.0 Å². The Kier molecular flexibility index (Phi) is 3.49. The summed E-state index contributed by atoms with van der Waals surface area (Å²) in [7, 11) is 1.51.